The second kappa shape index (κ2) is 5.76. The summed E-state index contributed by atoms with van der Waals surface area (Å²) in [5.41, 5.74) is 2.10. The van der Waals surface area contributed by atoms with Crippen LogP contribution in [0.1, 0.15) is 37.7 Å². The quantitative estimate of drug-likeness (QED) is 0.885. The summed E-state index contributed by atoms with van der Waals surface area (Å²) in [4.78, 5) is 11.2. The van der Waals surface area contributed by atoms with Gasteiger partial charge in [0.2, 0.25) is 0 Å². The lowest BCUT2D eigenvalue weighted by molar-refractivity contribution is 0.167. The van der Waals surface area contributed by atoms with Crippen LogP contribution in [0.25, 0.3) is 0 Å². The van der Waals surface area contributed by atoms with Gasteiger partial charge in [0.1, 0.15) is 0 Å². The molecule has 1 aromatic heterocycles. The summed E-state index contributed by atoms with van der Waals surface area (Å²) in [5, 5.41) is 3.72. The Morgan fingerprint density at radius 3 is 2.78 bits per heavy atom. The van der Waals surface area contributed by atoms with Crippen LogP contribution in [0.5, 0.6) is 0 Å². The maximum absolute atomic E-state index is 4.45. The van der Waals surface area contributed by atoms with Crippen LogP contribution in [0.15, 0.2) is 12.4 Å². The van der Waals surface area contributed by atoms with Gasteiger partial charge in [-0.1, -0.05) is 6.92 Å². The number of likely N-dealkylation sites (tertiary alicyclic amines) is 1. The van der Waals surface area contributed by atoms with Crippen molar-refractivity contribution >= 4 is 0 Å². The third kappa shape index (κ3) is 3.06. The highest BCUT2D eigenvalue weighted by molar-refractivity contribution is 5.12. The minimum Gasteiger partial charge on any atom is -0.306 e. The molecule has 1 aliphatic heterocycles. The molecular formula is C14H24N4. The maximum atomic E-state index is 4.45. The zero-order valence-electron chi connectivity index (χ0n) is 11.8. The third-order valence-electron chi connectivity index (χ3n) is 3.90. The van der Waals surface area contributed by atoms with Crippen molar-refractivity contribution in [3.8, 4) is 0 Å². The van der Waals surface area contributed by atoms with E-state index in [4.69, 9.17) is 0 Å². The first kappa shape index (κ1) is 13.4. The van der Waals surface area contributed by atoms with Gasteiger partial charge in [-0.15, -0.1) is 0 Å². The van der Waals surface area contributed by atoms with Crippen LogP contribution in [-0.4, -0.2) is 41.0 Å². The molecule has 1 saturated heterocycles. The minimum atomic E-state index is 0.273. The Kier molecular flexibility index (Phi) is 4.30. The molecule has 1 aromatic rings. The van der Waals surface area contributed by atoms with Crippen LogP contribution in [0, 0.1) is 12.8 Å². The van der Waals surface area contributed by atoms with Gasteiger partial charge in [0.15, 0.2) is 0 Å². The Hall–Kier alpha value is -1.00. The molecule has 1 fully saturated rings. The molecule has 0 amide bonds. The number of piperidine rings is 1. The zero-order valence-corrected chi connectivity index (χ0v) is 11.8. The van der Waals surface area contributed by atoms with Crippen molar-refractivity contribution in [2.75, 3.05) is 20.1 Å². The topological polar surface area (TPSA) is 41.1 Å². The van der Waals surface area contributed by atoms with Gasteiger partial charge in [0.25, 0.3) is 0 Å². The molecule has 4 heteroatoms. The molecule has 1 N–H and O–H groups in total. The molecule has 0 saturated carbocycles. The fourth-order valence-corrected chi connectivity index (χ4v) is 2.85. The van der Waals surface area contributed by atoms with Gasteiger partial charge < -0.3 is 10.2 Å². The molecule has 0 aromatic carbocycles. The molecule has 1 aliphatic rings. The predicted octanol–water partition coefficient (Wildman–Crippen LogP) is 1.78. The lowest BCUT2D eigenvalue weighted by Crippen LogP contribution is -2.47. The van der Waals surface area contributed by atoms with E-state index in [1.54, 1.807) is 12.4 Å². The van der Waals surface area contributed by atoms with E-state index < -0.39 is 0 Å². The maximum Gasteiger partial charge on any atom is 0.0782 e. The number of hydrogen-bond donors (Lipinski definition) is 1. The Morgan fingerprint density at radius 1 is 1.39 bits per heavy atom. The van der Waals surface area contributed by atoms with Crippen molar-refractivity contribution < 1.29 is 0 Å². The lowest BCUT2D eigenvalue weighted by Gasteiger charge is -2.36. The van der Waals surface area contributed by atoms with Crippen LogP contribution < -0.4 is 5.32 Å². The van der Waals surface area contributed by atoms with E-state index in [0.717, 1.165) is 11.4 Å². The molecule has 3 atom stereocenters. The molecule has 100 valence electrons. The molecule has 2 rings (SSSR count). The second-order valence-corrected chi connectivity index (χ2v) is 5.55. The largest absolute Gasteiger partial charge is 0.306 e. The SMILES string of the molecule is Cc1nccnc1C(C)NC1CCN(C)CC1C. The molecule has 0 radical (unpaired) electrons. The van der Waals surface area contributed by atoms with Crippen molar-refractivity contribution in [1.29, 1.82) is 0 Å². The highest BCUT2D eigenvalue weighted by Gasteiger charge is 2.26. The highest BCUT2D eigenvalue weighted by atomic mass is 15.1. The average molecular weight is 248 g/mol. The number of aromatic nitrogens is 2. The van der Waals surface area contributed by atoms with Crippen LogP contribution in [0.2, 0.25) is 0 Å². The highest BCUT2D eigenvalue weighted by Crippen LogP contribution is 2.20. The Morgan fingerprint density at radius 2 is 2.11 bits per heavy atom. The van der Waals surface area contributed by atoms with E-state index in [0.29, 0.717) is 12.0 Å². The Balaban J connectivity index is 1.99. The first-order valence-corrected chi connectivity index (χ1v) is 6.80. The van der Waals surface area contributed by atoms with Gasteiger partial charge in [-0.25, -0.2) is 0 Å². The van der Waals surface area contributed by atoms with Crippen LogP contribution >= 0.6 is 0 Å². The van der Waals surface area contributed by atoms with Gasteiger partial charge >= 0.3 is 0 Å². The van der Waals surface area contributed by atoms with Crippen LogP contribution in [0.3, 0.4) is 0 Å². The smallest absolute Gasteiger partial charge is 0.0782 e. The normalized spacial score (nSPS) is 27.1. The summed E-state index contributed by atoms with van der Waals surface area (Å²) in [6, 6.07) is 0.854. The fourth-order valence-electron chi connectivity index (χ4n) is 2.85. The van der Waals surface area contributed by atoms with E-state index in [9.17, 15) is 0 Å². The molecular weight excluding hydrogens is 224 g/mol. The summed E-state index contributed by atoms with van der Waals surface area (Å²) in [7, 11) is 2.20. The van der Waals surface area contributed by atoms with Crippen molar-refractivity contribution in [2.45, 2.75) is 39.3 Å². The first-order chi connectivity index (χ1) is 8.58. The average Bonchev–Trinajstić information content (AvgIpc) is 2.33. The van der Waals surface area contributed by atoms with Crippen molar-refractivity contribution in [3.63, 3.8) is 0 Å². The number of rotatable bonds is 3. The molecule has 3 unspecified atom stereocenters. The third-order valence-corrected chi connectivity index (χ3v) is 3.90. The fraction of sp³-hybridized carbons (Fsp3) is 0.714. The summed E-state index contributed by atoms with van der Waals surface area (Å²) in [5.74, 6) is 0.683. The van der Waals surface area contributed by atoms with E-state index in [1.807, 2.05) is 6.92 Å². The van der Waals surface area contributed by atoms with Gasteiger partial charge in [-0.2, -0.15) is 0 Å². The molecule has 0 spiro atoms. The van der Waals surface area contributed by atoms with Gasteiger partial charge in [0, 0.05) is 31.0 Å². The number of nitrogens with one attached hydrogen (secondary N) is 1. The van der Waals surface area contributed by atoms with Gasteiger partial charge in [-0.05, 0) is 39.8 Å². The van der Waals surface area contributed by atoms with E-state index in [-0.39, 0.29) is 6.04 Å². The first-order valence-electron chi connectivity index (χ1n) is 6.80. The van der Waals surface area contributed by atoms with Crippen LogP contribution in [0.4, 0.5) is 0 Å². The molecule has 2 heterocycles. The van der Waals surface area contributed by atoms with E-state index >= 15 is 0 Å². The van der Waals surface area contributed by atoms with E-state index in [2.05, 4.69) is 41.1 Å². The number of hydrogen-bond acceptors (Lipinski definition) is 4. The molecule has 0 bridgehead atoms. The van der Waals surface area contributed by atoms with Crippen molar-refractivity contribution in [3.05, 3.63) is 23.8 Å². The summed E-state index contributed by atoms with van der Waals surface area (Å²) in [6.07, 6.45) is 4.74. The van der Waals surface area contributed by atoms with Crippen molar-refractivity contribution in [1.82, 2.24) is 20.2 Å². The van der Waals surface area contributed by atoms with Crippen LogP contribution in [-0.2, 0) is 0 Å². The Bertz CT molecular complexity index is 393. The molecule has 4 nitrogen and oxygen atoms in total. The summed E-state index contributed by atoms with van der Waals surface area (Å²) < 4.78 is 0. The number of nitrogens with zero attached hydrogens (tertiary/aromatic N) is 3. The standard InChI is InChI=1S/C14H24N4/c1-10-9-18(4)8-5-13(10)17-12(3)14-11(2)15-6-7-16-14/h6-7,10,12-13,17H,5,8-9H2,1-4H3. The van der Waals surface area contributed by atoms with Gasteiger partial charge in [0.05, 0.1) is 11.4 Å². The minimum absolute atomic E-state index is 0.273. The Labute approximate surface area is 110 Å². The van der Waals surface area contributed by atoms with Crippen molar-refractivity contribution in [2.24, 2.45) is 5.92 Å². The zero-order chi connectivity index (χ0) is 13.1. The van der Waals surface area contributed by atoms with E-state index in [1.165, 1.54) is 19.5 Å². The monoisotopic (exact) mass is 248 g/mol. The molecule has 0 aliphatic carbocycles. The summed E-state index contributed by atoms with van der Waals surface area (Å²) in [6.45, 7) is 8.88. The van der Waals surface area contributed by atoms with Gasteiger partial charge in [-0.3, -0.25) is 9.97 Å². The number of aryl methyl sites for hydroxylation is 1. The molecule has 18 heavy (non-hydrogen) atoms. The predicted molar refractivity (Wildman–Crippen MR) is 73.4 cm³/mol. The second-order valence-electron chi connectivity index (χ2n) is 5.55. The summed E-state index contributed by atoms with van der Waals surface area (Å²) >= 11 is 0. The lowest BCUT2D eigenvalue weighted by atomic mass is 9.93.